The van der Waals surface area contributed by atoms with Crippen molar-refractivity contribution in [2.24, 2.45) is 0 Å². The molecule has 0 aliphatic rings. The molecule has 4 aromatic rings. The summed E-state index contributed by atoms with van der Waals surface area (Å²) in [5.74, 6) is 0.166. The lowest BCUT2D eigenvalue weighted by atomic mass is 10.0. The zero-order chi connectivity index (χ0) is 21.3. The van der Waals surface area contributed by atoms with E-state index in [4.69, 9.17) is 10.2 Å². The standard InChI is InChI=1S/C23H19BrFN3O2/c1-13-17-11-16(24)5-7-21(17)30-22(13)20(29)10-14-4-6-18(25)15(9-14)12-28-19-3-2-8-27-23(19)26/h2-9,11,28H,10,12H2,1H3,(H2,26,27). The molecule has 0 bridgehead atoms. The van der Waals surface area contributed by atoms with Gasteiger partial charge >= 0.3 is 0 Å². The number of ketones is 1. The maximum absolute atomic E-state index is 14.3. The van der Waals surface area contributed by atoms with E-state index in [1.165, 1.54) is 6.07 Å². The number of benzene rings is 2. The second-order valence-electron chi connectivity index (χ2n) is 7.01. The van der Waals surface area contributed by atoms with Gasteiger partial charge in [-0.1, -0.05) is 28.1 Å². The molecular weight excluding hydrogens is 449 g/mol. The van der Waals surface area contributed by atoms with Gasteiger partial charge in [0.25, 0.3) is 0 Å². The van der Waals surface area contributed by atoms with Crippen LogP contribution in [0.1, 0.15) is 27.2 Å². The number of nitrogens with one attached hydrogen (secondary N) is 1. The minimum absolute atomic E-state index is 0.115. The van der Waals surface area contributed by atoms with Crippen LogP contribution in [0.5, 0.6) is 0 Å². The molecule has 4 rings (SSSR count). The quantitative estimate of drug-likeness (QED) is 0.357. The van der Waals surface area contributed by atoms with Crippen LogP contribution in [0.25, 0.3) is 11.0 Å². The largest absolute Gasteiger partial charge is 0.453 e. The van der Waals surface area contributed by atoms with Crippen LogP contribution in [0.15, 0.2) is 63.6 Å². The summed E-state index contributed by atoms with van der Waals surface area (Å²) in [7, 11) is 0. The maximum Gasteiger partial charge on any atom is 0.202 e. The number of hydrogen-bond donors (Lipinski definition) is 2. The second kappa shape index (κ2) is 8.28. The number of fused-ring (bicyclic) bond motifs is 1. The number of carbonyl (C=O) groups is 1. The van der Waals surface area contributed by atoms with E-state index in [0.29, 0.717) is 34.0 Å². The van der Waals surface area contributed by atoms with E-state index in [-0.39, 0.29) is 24.6 Å². The van der Waals surface area contributed by atoms with Crippen molar-refractivity contribution in [2.45, 2.75) is 19.9 Å². The average molecular weight is 468 g/mol. The van der Waals surface area contributed by atoms with E-state index in [2.05, 4.69) is 26.2 Å². The first kappa shape index (κ1) is 20.1. The molecule has 0 amide bonds. The predicted molar refractivity (Wildman–Crippen MR) is 119 cm³/mol. The van der Waals surface area contributed by atoms with Crippen LogP contribution in [-0.2, 0) is 13.0 Å². The first-order chi connectivity index (χ1) is 14.4. The molecule has 0 saturated heterocycles. The smallest absolute Gasteiger partial charge is 0.202 e. The molecule has 152 valence electrons. The third-order valence-electron chi connectivity index (χ3n) is 4.93. The van der Waals surface area contributed by atoms with Gasteiger partial charge in [-0.25, -0.2) is 9.37 Å². The number of nitrogens with two attached hydrogens (primary N) is 1. The normalized spacial score (nSPS) is 11.0. The third-order valence-corrected chi connectivity index (χ3v) is 5.43. The summed E-state index contributed by atoms with van der Waals surface area (Å²) < 4.78 is 21.0. The van der Waals surface area contributed by atoms with Gasteiger partial charge in [-0.05, 0) is 48.9 Å². The van der Waals surface area contributed by atoms with Gasteiger partial charge in [-0.3, -0.25) is 4.79 Å². The molecule has 0 saturated carbocycles. The summed E-state index contributed by atoms with van der Waals surface area (Å²) in [6.07, 6.45) is 1.70. The summed E-state index contributed by atoms with van der Waals surface area (Å²) >= 11 is 3.44. The highest BCUT2D eigenvalue weighted by Crippen LogP contribution is 2.29. The molecule has 30 heavy (non-hydrogen) atoms. The van der Waals surface area contributed by atoms with Crippen LogP contribution in [0.3, 0.4) is 0 Å². The van der Waals surface area contributed by atoms with E-state index in [1.807, 2.05) is 25.1 Å². The number of aromatic nitrogens is 1. The van der Waals surface area contributed by atoms with Gasteiger partial charge in [0.15, 0.2) is 5.76 Å². The highest BCUT2D eigenvalue weighted by Gasteiger charge is 2.18. The van der Waals surface area contributed by atoms with Gasteiger partial charge in [-0.15, -0.1) is 0 Å². The fraction of sp³-hybridized carbons (Fsp3) is 0.130. The third kappa shape index (κ3) is 4.07. The van der Waals surface area contributed by atoms with Gasteiger partial charge in [0.05, 0.1) is 5.69 Å². The van der Waals surface area contributed by atoms with Gasteiger partial charge < -0.3 is 15.5 Å². The number of aryl methyl sites for hydroxylation is 1. The number of Topliss-reactive ketones (excluding diaryl/α,β-unsaturated/α-hetero) is 1. The first-order valence-electron chi connectivity index (χ1n) is 9.36. The molecule has 2 heterocycles. The van der Waals surface area contributed by atoms with E-state index in [9.17, 15) is 9.18 Å². The molecule has 2 aromatic heterocycles. The molecule has 7 heteroatoms. The van der Waals surface area contributed by atoms with Gasteiger partial charge in [0.2, 0.25) is 5.78 Å². The SMILES string of the molecule is Cc1c(C(=O)Cc2ccc(F)c(CNc3cccnc3N)c2)oc2ccc(Br)cc12. The van der Waals surface area contributed by atoms with Crippen molar-refractivity contribution < 1.29 is 13.6 Å². The van der Waals surface area contributed by atoms with Crippen molar-refractivity contribution in [2.75, 3.05) is 11.1 Å². The number of halogens is 2. The Balaban J connectivity index is 1.54. The number of carbonyl (C=O) groups excluding carboxylic acids is 1. The Labute approximate surface area is 181 Å². The number of anilines is 2. The lowest BCUT2D eigenvalue weighted by Crippen LogP contribution is -2.08. The van der Waals surface area contributed by atoms with E-state index >= 15 is 0 Å². The Bertz CT molecular complexity index is 1250. The van der Waals surface area contributed by atoms with E-state index in [1.54, 1.807) is 30.5 Å². The Morgan fingerprint density at radius 2 is 2.07 bits per heavy atom. The molecule has 0 radical (unpaired) electrons. The Hall–Kier alpha value is -3.19. The van der Waals surface area contributed by atoms with E-state index < -0.39 is 0 Å². The summed E-state index contributed by atoms with van der Waals surface area (Å²) in [4.78, 5) is 16.9. The van der Waals surface area contributed by atoms with Crippen molar-refractivity contribution in [3.05, 3.63) is 87.5 Å². The highest BCUT2D eigenvalue weighted by molar-refractivity contribution is 9.10. The van der Waals surface area contributed by atoms with Crippen LogP contribution in [0.2, 0.25) is 0 Å². The monoisotopic (exact) mass is 467 g/mol. The molecule has 0 unspecified atom stereocenters. The molecule has 0 spiro atoms. The maximum atomic E-state index is 14.3. The van der Waals surface area contributed by atoms with Crippen molar-refractivity contribution in [1.29, 1.82) is 0 Å². The number of hydrogen-bond acceptors (Lipinski definition) is 5. The van der Waals surface area contributed by atoms with Crippen molar-refractivity contribution in [3.8, 4) is 0 Å². The van der Waals surface area contributed by atoms with Crippen LogP contribution >= 0.6 is 15.9 Å². The second-order valence-corrected chi connectivity index (χ2v) is 7.93. The molecule has 0 atom stereocenters. The molecule has 5 nitrogen and oxygen atoms in total. The number of nitrogen functional groups attached to an aromatic ring is 1. The molecular formula is C23H19BrFN3O2. The number of nitrogens with zero attached hydrogens (tertiary/aromatic N) is 1. The summed E-state index contributed by atoms with van der Waals surface area (Å²) in [5.41, 5.74) is 9.05. The van der Waals surface area contributed by atoms with Crippen LogP contribution in [0, 0.1) is 12.7 Å². The average Bonchev–Trinajstić information content (AvgIpc) is 3.05. The van der Waals surface area contributed by atoms with Gasteiger partial charge in [0, 0.05) is 40.1 Å². The summed E-state index contributed by atoms with van der Waals surface area (Å²) in [6, 6.07) is 13.8. The fourth-order valence-corrected chi connectivity index (χ4v) is 3.72. The predicted octanol–water partition coefficient (Wildman–Crippen LogP) is 5.66. The van der Waals surface area contributed by atoms with Crippen LogP contribution < -0.4 is 11.1 Å². The molecule has 0 aliphatic carbocycles. The minimum Gasteiger partial charge on any atom is -0.453 e. The topological polar surface area (TPSA) is 81.2 Å². The summed E-state index contributed by atoms with van der Waals surface area (Å²) in [5, 5.41) is 3.97. The zero-order valence-corrected chi connectivity index (χ0v) is 17.8. The lowest BCUT2D eigenvalue weighted by molar-refractivity contribution is 0.0967. The van der Waals surface area contributed by atoms with Crippen molar-refractivity contribution >= 4 is 44.2 Å². The van der Waals surface area contributed by atoms with E-state index in [0.717, 1.165) is 15.4 Å². The highest BCUT2D eigenvalue weighted by atomic mass is 79.9. The van der Waals surface area contributed by atoms with Crippen molar-refractivity contribution in [1.82, 2.24) is 4.98 Å². The minimum atomic E-state index is -0.356. The lowest BCUT2D eigenvalue weighted by Gasteiger charge is -2.10. The first-order valence-corrected chi connectivity index (χ1v) is 10.1. The molecule has 3 N–H and O–H groups in total. The molecule has 0 fully saturated rings. The van der Waals surface area contributed by atoms with Crippen LogP contribution in [-0.4, -0.2) is 10.8 Å². The Morgan fingerprint density at radius 3 is 2.87 bits per heavy atom. The Kier molecular flexibility index (Phi) is 5.55. The van der Waals surface area contributed by atoms with Gasteiger partial charge in [-0.2, -0.15) is 0 Å². The van der Waals surface area contributed by atoms with Gasteiger partial charge in [0.1, 0.15) is 17.2 Å². The molecule has 2 aromatic carbocycles. The number of rotatable bonds is 6. The van der Waals surface area contributed by atoms with Crippen molar-refractivity contribution in [3.63, 3.8) is 0 Å². The molecule has 0 aliphatic heterocycles. The number of furan rings is 1. The Morgan fingerprint density at radius 1 is 1.23 bits per heavy atom. The van der Waals surface area contributed by atoms with Crippen LogP contribution in [0.4, 0.5) is 15.9 Å². The number of pyridine rings is 1. The zero-order valence-electron chi connectivity index (χ0n) is 16.2. The summed E-state index contributed by atoms with van der Waals surface area (Å²) in [6.45, 7) is 2.09. The fourth-order valence-electron chi connectivity index (χ4n) is 3.36.